The van der Waals surface area contributed by atoms with Crippen molar-refractivity contribution in [2.24, 2.45) is 5.92 Å². The van der Waals surface area contributed by atoms with Gasteiger partial charge < -0.3 is 14.4 Å². The van der Waals surface area contributed by atoms with Crippen LogP contribution in [0, 0.1) is 5.92 Å². The normalized spacial score (nSPS) is 18.1. The molecule has 5 heteroatoms. The fraction of sp³-hybridized carbons (Fsp3) is 0.417. The maximum absolute atomic E-state index is 12.6. The topological polar surface area (TPSA) is 55.8 Å². The summed E-state index contributed by atoms with van der Waals surface area (Å²) >= 11 is 0. The first-order valence-electron chi connectivity index (χ1n) is 10.2. The highest BCUT2D eigenvalue weighted by Gasteiger charge is 2.33. The van der Waals surface area contributed by atoms with E-state index in [0.717, 1.165) is 23.3 Å². The van der Waals surface area contributed by atoms with Crippen LogP contribution < -0.4 is 9.47 Å². The molecule has 0 saturated carbocycles. The Morgan fingerprint density at radius 1 is 1.07 bits per heavy atom. The van der Waals surface area contributed by atoms with E-state index in [9.17, 15) is 9.59 Å². The third kappa shape index (κ3) is 4.29. The minimum Gasteiger partial charge on any atom is -0.483 e. The maximum Gasteiger partial charge on any atom is 0.260 e. The lowest BCUT2D eigenvalue weighted by molar-refractivity contribution is -0.134. The lowest BCUT2D eigenvalue weighted by Crippen LogP contribution is -2.42. The number of hydrogen-bond donors (Lipinski definition) is 0. The largest absolute Gasteiger partial charge is 0.483 e. The van der Waals surface area contributed by atoms with Crippen molar-refractivity contribution in [1.29, 1.82) is 0 Å². The molecule has 2 aromatic rings. The first kappa shape index (κ1) is 19.5. The standard InChI is InChI=1S/C24H27NO4/c1-24(2)15-19-9-6-10-20(23(19)29-24)28-16-21(26)25-13-11-18(12-14-25)22(27)17-7-4-3-5-8-17/h3-10,18H,11-16H2,1-2H3. The van der Waals surface area contributed by atoms with Crippen LogP contribution >= 0.6 is 0 Å². The van der Waals surface area contributed by atoms with Gasteiger partial charge in [-0.2, -0.15) is 0 Å². The number of Topliss-reactive ketones (excluding diaryl/α,β-unsaturated/α-hetero) is 1. The number of fused-ring (bicyclic) bond motifs is 1. The number of benzene rings is 2. The molecular formula is C24H27NO4. The van der Waals surface area contributed by atoms with Crippen LogP contribution in [0.4, 0.5) is 0 Å². The van der Waals surface area contributed by atoms with Crippen LogP contribution in [0.3, 0.4) is 0 Å². The highest BCUT2D eigenvalue weighted by molar-refractivity contribution is 5.98. The SMILES string of the molecule is CC1(C)Cc2cccc(OCC(=O)N3CCC(C(=O)c4ccccc4)CC3)c2O1. The van der Waals surface area contributed by atoms with Crippen LogP contribution in [0.25, 0.3) is 0 Å². The Kier molecular flexibility index (Phi) is 5.31. The summed E-state index contributed by atoms with van der Waals surface area (Å²) in [5.74, 6) is 1.47. The number of rotatable bonds is 5. The van der Waals surface area contributed by atoms with Gasteiger partial charge >= 0.3 is 0 Å². The van der Waals surface area contributed by atoms with Crippen LogP contribution in [-0.2, 0) is 11.2 Å². The predicted octanol–water partition coefficient (Wildman–Crippen LogP) is 3.90. The minimum atomic E-state index is -0.251. The van der Waals surface area contributed by atoms with Crippen molar-refractivity contribution < 1.29 is 19.1 Å². The lowest BCUT2D eigenvalue weighted by atomic mass is 9.89. The summed E-state index contributed by atoms with van der Waals surface area (Å²) in [6.07, 6.45) is 2.21. The van der Waals surface area contributed by atoms with Crippen molar-refractivity contribution in [3.05, 3.63) is 59.7 Å². The fourth-order valence-corrected chi connectivity index (χ4v) is 4.16. The Morgan fingerprint density at radius 2 is 1.79 bits per heavy atom. The van der Waals surface area contributed by atoms with Crippen LogP contribution in [0.2, 0.25) is 0 Å². The summed E-state index contributed by atoms with van der Waals surface area (Å²) in [6.45, 7) is 5.24. The predicted molar refractivity (Wildman–Crippen MR) is 110 cm³/mol. The van der Waals surface area contributed by atoms with Gasteiger partial charge in [-0.25, -0.2) is 0 Å². The number of amides is 1. The van der Waals surface area contributed by atoms with Crippen molar-refractivity contribution in [2.75, 3.05) is 19.7 Å². The number of carbonyl (C=O) groups excluding carboxylic acids is 2. The second-order valence-corrected chi connectivity index (χ2v) is 8.46. The molecule has 2 aliphatic rings. The number of likely N-dealkylation sites (tertiary alicyclic amines) is 1. The molecule has 4 rings (SSSR count). The second kappa shape index (κ2) is 7.90. The van der Waals surface area contributed by atoms with Crippen molar-refractivity contribution in [1.82, 2.24) is 4.90 Å². The molecule has 0 unspecified atom stereocenters. The molecule has 1 saturated heterocycles. The molecular weight excluding hydrogens is 366 g/mol. The quantitative estimate of drug-likeness (QED) is 0.723. The van der Waals surface area contributed by atoms with Crippen molar-refractivity contribution in [3.63, 3.8) is 0 Å². The zero-order valence-electron chi connectivity index (χ0n) is 17.0. The Bertz CT molecular complexity index is 898. The molecule has 2 heterocycles. The molecule has 0 N–H and O–H groups in total. The highest BCUT2D eigenvalue weighted by Crippen LogP contribution is 2.41. The fourth-order valence-electron chi connectivity index (χ4n) is 4.16. The second-order valence-electron chi connectivity index (χ2n) is 8.46. The van der Waals surface area contributed by atoms with E-state index in [2.05, 4.69) is 0 Å². The third-order valence-corrected chi connectivity index (χ3v) is 5.68. The molecule has 0 aliphatic carbocycles. The van der Waals surface area contributed by atoms with E-state index in [-0.39, 0.29) is 29.8 Å². The monoisotopic (exact) mass is 393 g/mol. The number of para-hydroxylation sites is 1. The number of hydrogen-bond acceptors (Lipinski definition) is 4. The Morgan fingerprint density at radius 3 is 2.52 bits per heavy atom. The zero-order valence-corrected chi connectivity index (χ0v) is 17.0. The number of ether oxygens (including phenoxy) is 2. The molecule has 29 heavy (non-hydrogen) atoms. The lowest BCUT2D eigenvalue weighted by Gasteiger charge is -2.31. The van der Waals surface area contributed by atoms with Crippen LogP contribution in [0.15, 0.2) is 48.5 Å². The van der Waals surface area contributed by atoms with Crippen molar-refractivity contribution in [3.8, 4) is 11.5 Å². The van der Waals surface area contributed by atoms with Gasteiger partial charge in [0.2, 0.25) is 0 Å². The van der Waals surface area contributed by atoms with Gasteiger partial charge in [0.15, 0.2) is 23.9 Å². The Balaban J connectivity index is 1.30. The van der Waals surface area contributed by atoms with Gasteiger partial charge in [-0.1, -0.05) is 42.5 Å². The van der Waals surface area contributed by atoms with Gasteiger partial charge in [0.05, 0.1) is 0 Å². The first-order valence-corrected chi connectivity index (χ1v) is 10.2. The first-order chi connectivity index (χ1) is 13.9. The average Bonchev–Trinajstić information content (AvgIpc) is 3.06. The maximum atomic E-state index is 12.6. The number of piperidine rings is 1. The molecule has 0 radical (unpaired) electrons. The molecule has 152 valence electrons. The molecule has 2 aromatic carbocycles. The van der Waals surface area contributed by atoms with Gasteiger partial charge in [0.25, 0.3) is 5.91 Å². The molecule has 1 fully saturated rings. The summed E-state index contributed by atoms with van der Waals surface area (Å²) in [5.41, 5.74) is 1.61. The average molecular weight is 393 g/mol. The van der Waals surface area contributed by atoms with E-state index in [1.165, 1.54) is 0 Å². The summed E-state index contributed by atoms with van der Waals surface area (Å²) < 4.78 is 11.8. The van der Waals surface area contributed by atoms with E-state index in [1.807, 2.05) is 62.4 Å². The molecule has 0 bridgehead atoms. The Hall–Kier alpha value is -2.82. The van der Waals surface area contributed by atoms with Gasteiger partial charge in [0.1, 0.15) is 5.60 Å². The Labute approximate surface area is 171 Å². The number of carbonyl (C=O) groups is 2. The van der Waals surface area contributed by atoms with Gasteiger partial charge in [0, 0.05) is 36.6 Å². The molecule has 0 spiro atoms. The molecule has 5 nitrogen and oxygen atoms in total. The van der Waals surface area contributed by atoms with Gasteiger partial charge in [-0.3, -0.25) is 9.59 Å². The third-order valence-electron chi connectivity index (χ3n) is 5.68. The van der Waals surface area contributed by atoms with E-state index >= 15 is 0 Å². The summed E-state index contributed by atoms with van der Waals surface area (Å²) in [4.78, 5) is 27.0. The molecule has 0 atom stereocenters. The summed E-state index contributed by atoms with van der Waals surface area (Å²) in [6, 6.07) is 15.2. The number of nitrogens with zero attached hydrogens (tertiary/aromatic N) is 1. The highest BCUT2D eigenvalue weighted by atomic mass is 16.5. The van der Waals surface area contributed by atoms with Crippen molar-refractivity contribution in [2.45, 2.75) is 38.7 Å². The van der Waals surface area contributed by atoms with E-state index in [4.69, 9.17) is 9.47 Å². The van der Waals surface area contributed by atoms with E-state index in [1.54, 1.807) is 4.90 Å². The molecule has 1 amide bonds. The summed E-state index contributed by atoms with van der Waals surface area (Å²) in [7, 11) is 0. The smallest absolute Gasteiger partial charge is 0.260 e. The van der Waals surface area contributed by atoms with E-state index in [0.29, 0.717) is 31.7 Å². The number of ketones is 1. The molecule has 2 aliphatic heterocycles. The van der Waals surface area contributed by atoms with E-state index < -0.39 is 0 Å². The van der Waals surface area contributed by atoms with Gasteiger partial charge in [-0.15, -0.1) is 0 Å². The summed E-state index contributed by atoms with van der Waals surface area (Å²) in [5, 5.41) is 0. The zero-order chi connectivity index (χ0) is 20.4. The van der Waals surface area contributed by atoms with Crippen LogP contribution in [0.1, 0.15) is 42.6 Å². The minimum absolute atomic E-state index is 0.0163. The van der Waals surface area contributed by atoms with Crippen molar-refractivity contribution >= 4 is 11.7 Å². The molecule has 0 aromatic heterocycles. The van der Waals surface area contributed by atoms with Crippen LogP contribution in [-0.4, -0.2) is 41.9 Å². The van der Waals surface area contributed by atoms with Gasteiger partial charge in [-0.05, 0) is 32.8 Å². The van der Waals surface area contributed by atoms with Crippen LogP contribution in [0.5, 0.6) is 11.5 Å².